The molecule has 42 heavy (non-hydrogen) atoms. The lowest BCUT2D eigenvalue weighted by Gasteiger charge is -2.23. The number of aliphatic hydroxyl groups excluding tert-OH is 1. The van der Waals surface area contributed by atoms with Crippen LogP contribution < -0.4 is 0 Å². The summed E-state index contributed by atoms with van der Waals surface area (Å²) in [6, 6.07) is 27.6. The monoisotopic (exact) mass is 565 g/mol. The summed E-state index contributed by atoms with van der Waals surface area (Å²) in [5.41, 5.74) is 4.32. The van der Waals surface area contributed by atoms with Crippen LogP contribution in [-0.2, 0) is 22.4 Å². The second-order valence-electron chi connectivity index (χ2n) is 10.8. The maximum absolute atomic E-state index is 14.2. The van der Waals surface area contributed by atoms with Gasteiger partial charge in [0.05, 0.1) is 6.04 Å². The predicted molar refractivity (Wildman–Crippen MR) is 159 cm³/mol. The molecule has 7 nitrogen and oxygen atoms in total. The number of rotatable bonds is 11. The van der Waals surface area contributed by atoms with E-state index in [0.29, 0.717) is 25.0 Å². The van der Waals surface area contributed by atoms with Gasteiger partial charge in [0.2, 0.25) is 11.7 Å². The van der Waals surface area contributed by atoms with Crippen molar-refractivity contribution in [3.63, 3.8) is 0 Å². The van der Waals surface area contributed by atoms with Gasteiger partial charge in [0.1, 0.15) is 17.8 Å². The van der Waals surface area contributed by atoms with Crippen molar-refractivity contribution in [3.8, 4) is 11.1 Å². The van der Waals surface area contributed by atoms with Gasteiger partial charge in [-0.25, -0.2) is 9.69 Å². The van der Waals surface area contributed by atoms with Gasteiger partial charge >= 0.3 is 6.09 Å². The molecule has 1 aliphatic heterocycles. The van der Waals surface area contributed by atoms with Crippen LogP contribution in [0.3, 0.4) is 0 Å². The zero-order valence-electron chi connectivity index (χ0n) is 23.9. The summed E-state index contributed by atoms with van der Waals surface area (Å²) < 4.78 is 11.8. The van der Waals surface area contributed by atoms with Crippen LogP contribution in [0.25, 0.3) is 11.1 Å². The minimum atomic E-state index is -1.20. The summed E-state index contributed by atoms with van der Waals surface area (Å²) in [5, 5.41) is 9.31. The zero-order valence-corrected chi connectivity index (χ0v) is 23.9. The first kappa shape index (κ1) is 29.0. The maximum Gasteiger partial charge on any atom is 0.417 e. The maximum atomic E-state index is 14.2. The van der Waals surface area contributed by atoms with Crippen molar-refractivity contribution in [1.29, 1.82) is 0 Å². The van der Waals surface area contributed by atoms with Crippen molar-refractivity contribution < 1.29 is 28.6 Å². The van der Waals surface area contributed by atoms with E-state index in [1.807, 2.05) is 91.9 Å². The van der Waals surface area contributed by atoms with E-state index in [4.69, 9.17) is 9.15 Å². The highest BCUT2D eigenvalue weighted by atomic mass is 16.6. The van der Waals surface area contributed by atoms with Gasteiger partial charge in [-0.05, 0) is 55.9 Å². The molecule has 4 aromatic rings. The van der Waals surface area contributed by atoms with E-state index in [9.17, 15) is 19.5 Å². The van der Waals surface area contributed by atoms with Gasteiger partial charge in [-0.1, -0.05) is 90.5 Å². The van der Waals surface area contributed by atoms with Crippen molar-refractivity contribution in [3.05, 3.63) is 119 Å². The van der Waals surface area contributed by atoms with Crippen LogP contribution >= 0.6 is 0 Å². The lowest BCUT2D eigenvalue weighted by Crippen LogP contribution is -2.44. The van der Waals surface area contributed by atoms with Gasteiger partial charge in [0, 0.05) is 18.6 Å². The van der Waals surface area contributed by atoms with Gasteiger partial charge < -0.3 is 14.3 Å². The minimum Gasteiger partial charge on any atom is -0.457 e. The number of unbranched alkanes of at least 4 members (excludes halogenated alkanes) is 1. The summed E-state index contributed by atoms with van der Waals surface area (Å²) in [6.45, 7) is 3.81. The number of amides is 2. The van der Waals surface area contributed by atoms with E-state index in [1.54, 1.807) is 13.0 Å². The molecule has 1 saturated heterocycles. The number of imide groups is 1. The third kappa shape index (κ3) is 6.21. The molecule has 3 atom stereocenters. The molecule has 0 unspecified atom stereocenters. The van der Waals surface area contributed by atoms with Gasteiger partial charge in [-0.2, -0.15) is 0 Å². The van der Waals surface area contributed by atoms with Crippen molar-refractivity contribution in [2.24, 2.45) is 5.92 Å². The molecule has 0 aliphatic carbocycles. The van der Waals surface area contributed by atoms with Crippen molar-refractivity contribution in [2.75, 3.05) is 6.61 Å². The number of nitrogens with zero attached hydrogens (tertiary/aromatic N) is 1. The molecule has 1 N–H and O–H groups in total. The number of carbonyl (C=O) groups is 3. The molecule has 0 bridgehead atoms. The van der Waals surface area contributed by atoms with Gasteiger partial charge in [-0.15, -0.1) is 0 Å². The average Bonchev–Trinajstić information content (AvgIpc) is 3.56. The summed E-state index contributed by atoms with van der Waals surface area (Å²) in [5.74, 6) is -1.61. The van der Waals surface area contributed by atoms with Crippen molar-refractivity contribution >= 4 is 17.8 Å². The first-order chi connectivity index (χ1) is 20.4. The van der Waals surface area contributed by atoms with Gasteiger partial charge in [-0.3, -0.25) is 9.59 Å². The summed E-state index contributed by atoms with van der Waals surface area (Å²) in [7, 11) is 0. The van der Waals surface area contributed by atoms with Gasteiger partial charge in [0.25, 0.3) is 0 Å². The molecule has 1 aliphatic rings. The second kappa shape index (κ2) is 13.0. The van der Waals surface area contributed by atoms with Crippen LogP contribution in [0.4, 0.5) is 4.79 Å². The molecule has 1 fully saturated rings. The van der Waals surface area contributed by atoms with Crippen molar-refractivity contribution in [1.82, 2.24) is 4.90 Å². The average molecular weight is 566 g/mol. The van der Waals surface area contributed by atoms with Gasteiger partial charge in [0.15, 0.2) is 5.76 Å². The Morgan fingerprint density at radius 1 is 0.929 bits per heavy atom. The number of cyclic esters (lactones) is 1. The number of aryl methyl sites for hydroxylation is 2. The molecule has 3 aromatic carbocycles. The number of benzene rings is 3. The number of ether oxygens (including phenoxy) is 1. The Kier molecular flexibility index (Phi) is 8.98. The molecule has 5 rings (SSSR count). The number of hydrogen-bond acceptors (Lipinski definition) is 6. The Bertz CT molecular complexity index is 1540. The topological polar surface area (TPSA) is 97.1 Å². The molecular weight excluding hydrogens is 530 g/mol. The predicted octanol–water partition coefficient (Wildman–Crippen LogP) is 6.72. The summed E-state index contributed by atoms with van der Waals surface area (Å²) >= 11 is 0. The summed E-state index contributed by atoms with van der Waals surface area (Å²) in [6.07, 6.45) is 0.514. The first-order valence-corrected chi connectivity index (χ1v) is 14.3. The molecule has 0 saturated carbocycles. The van der Waals surface area contributed by atoms with Crippen LogP contribution in [0.15, 0.2) is 95.4 Å². The lowest BCUT2D eigenvalue weighted by molar-refractivity contribution is -0.131. The standard InChI is InChI=1S/C35H35NO6/c1-23-12-11-17-27(20-23)28-22-31(41-30(28)18-9-10-19-37)32(38)29(21-25-13-5-3-6-14-25)34(39)36-24(2)33(42-35(36)40)26-15-7-4-8-16-26/h3-8,11-17,20,22,24,29,33,37H,9-10,18-19,21H2,1-2H3/t24-,29-,33-/m0/s1. The van der Waals surface area contributed by atoms with Crippen LogP contribution in [0.2, 0.25) is 0 Å². The Hall–Kier alpha value is -4.49. The highest BCUT2D eigenvalue weighted by molar-refractivity contribution is 6.12. The number of ketones is 1. The van der Waals surface area contributed by atoms with E-state index in [0.717, 1.165) is 32.7 Å². The van der Waals surface area contributed by atoms with Crippen LogP contribution in [0.5, 0.6) is 0 Å². The Labute approximate surface area is 245 Å². The number of carbonyl (C=O) groups excluding carboxylic acids is 3. The fourth-order valence-electron chi connectivity index (χ4n) is 5.52. The fourth-order valence-corrected chi connectivity index (χ4v) is 5.52. The second-order valence-corrected chi connectivity index (χ2v) is 10.8. The molecule has 2 heterocycles. The molecule has 2 amide bonds. The lowest BCUT2D eigenvalue weighted by atomic mass is 9.91. The van der Waals surface area contributed by atoms with E-state index in [1.165, 1.54) is 0 Å². The molecular formula is C35H35NO6. The van der Waals surface area contributed by atoms with Crippen molar-refractivity contribution in [2.45, 2.75) is 51.7 Å². The SMILES string of the molecule is Cc1cccc(-c2cc(C(=O)[C@H](Cc3ccccc3)C(=O)N3C(=O)O[C@H](c4ccccc4)[C@@H]3C)oc2CCCCO)c1. The van der Waals surface area contributed by atoms with E-state index >= 15 is 0 Å². The number of hydrogen-bond donors (Lipinski definition) is 1. The van der Waals surface area contributed by atoms with E-state index in [-0.39, 0.29) is 18.8 Å². The number of aliphatic hydroxyl groups is 1. The fraction of sp³-hybridized carbons (Fsp3) is 0.286. The third-order valence-corrected chi connectivity index (χ3v) is 7.73. The quantitative estimate of drug-likeness (QED) is 0.123. The highest BCUT2D eigenvalue weighted by Crippen LogP contribution is 2.35. The Morgan fingerprint density at radius 3 is 2.33 bits per heavy atom. The smallest absolute Gasteiger partial charge is 0.417 e. The minimum absolute atomic E-state index is 0.0635. The largest absolute Gasteiger partial charge is 0.457 e. The van der Waals surface area contributed by atoms with Crippen LogP contribution in [-0.4, -0.2) is 40.4 Å². The van der Waals surface area contributed by atoms with Crippen LogP contribution in [0, 0.1) is 12.8 Å². The van der Waals surface area contributed by atoms with E-state index < -0.39 is 35.8 Å². The molecule has 0 spiro atoms. The molecule has 0 radical (unpaired) electrons. The zero-order chi connectivity index (χ0) is 29.6. The number of Topliss-reactive ketones (excluding diaryl/α,β-unsaturated/α-hetero) is 1. The summed E-state index contributed by atoms with van der Waals surface area (Å²) in [4.78, 5) is 42.4. The Balaban J connectivity index is 1.50. The first-order valence-electron chi connectivity index (χ1n) is 14.3. The van der Waals surface area contributed by atoms with Crippen LogP contribution in [0.1, 0.15) is 58.9 Å². The molecule has 216 valence electrons. The third-order valence-electron chi connectivity index (χ3n) is 7.73. The highest BCUT2D eigenvalue weighted by Gasteiger charge is 2.47. The van der Waals surface area contributed by atoms with E-state index in [2.05, 4.69) is 0 Å². The molecule has 7 heteroatoms. The normalized spacial score (nSPS) is 17.2. The number of furan rings is 1. The molecule has 1 aromatic heterocycles. The Morgan fingerprint density at radius 2 is 1.64 bits per heavy atom.